The molecule has 23 heavy (non-hydrogen) atoms. The number of benzene rings is 1. The van der Waals surface area contributed by atoms with Crippen LogP contribution in [-0.2, 0) is 14.3 Å². The predicted octanol–water partition coefficient (Wildman–Crippen LogP) is 3.22. The molecule has 1 aliphatic rings. The topological polar surface area (TPSA) is 47.6 Å². The Bertz CT molecular complexity index is 516. The largest absolute Gasteiger partial charge is 0.373 e. The maximum atomic E-state index is 13.0. The minimum Gasteiger partial charge on any atom is -0.373 e. The lowest BCUT2D eigenvalue weighted by molar-refractivity contribution is -0.131. The van der Waals surface area contributed by atoms with E-state index >= 15 is 0 Å². The van der Waals surface area contributed by atoms with Gasteiger partial charge in [-0.3, -0.25) is 4.79 Å². The van der Waals surface area contributed by atoms with Gasteiger partial charge in [-0.25, -0.2) is 4.39 Å². The zero-order chi connectivity index (χ0) is 16.9. The molecule has 0 bridgehead atoms. The molecule has 1 saturated heterocycles. The van der Waals surface area contributed by atoms with Crippen LogP contribution < -0.4 is 5.32 Å². The molecule has 5 heteroatoms. The Morgan fingerprint density at radius 3 is 2.74 bits per heavy atom. The van der Waals surface area contributed by atoms with E-state index in [1.54, 1.807) is 12.1 Å². The Kier molecular flexibility index (Phi) is 6.13. The van der Waals surface area contributed by atoms with Gasteiger partial charge < -0.3 is 14.8 Å². The molecular weight excluding hydrogens is 297 g/mol. The summed E-state index contributed by atoms with van der Waals surface area (Å²) in [7, 11) is 0. The van der Waals surface area contributed by atoms with E-state index in [0.29, 0.717) is 13.2 Å². The maximum absolute atomic E-state index is 13.0. The third-order valence-electron chi connectivity index (χ3n) is 4.42. The Labute approximate surface area is 137 Å². The molecule has 0 spiro atoms. The molecule has 1 aliphatic heterocycles. The van der Waals surface area contributed by atoms with Gasteiger partial charge in [0.2, 0.25) is 5.91 Å². The third kappa shape index (κ3) is 5.29. The molecule has 1 aromatic carbocycles. The minimum absolute atomic E-state index is 0.0651. The van der Waals surface area contributed by atoms with Crippen molar-refractivity contribution in [3.8, 4) is 0 Å². The number of carbonyl (C=O) groups excluding carboxylic acids is 1. The van der Waals surface area contributed by atoms with Crippen LogP contribution in [0.1, 0.15) is 45.3 Å². The van der Waals surface area contributed by atoms with Crippen LogP contribution in [-0.4, -0.2) is 31.3 Å². The molecule has 1 amide bonds. The van der Waals surface area contributed by atoms with Gasteiger partial charge in [-0.15, -0.1) is 0 Å². The normalized spacial score (nSPS) is 21.4. The summed E-state index contributed by atoms with van der Waals surface area (Å²) >= 11 is 0. The van der Waals surface area contributed by atoms with Crippen LogP contribution in [0, 0.1) is 11.7 Å². The summed E-state index contributed by atoms with van der Waals surface area (Å²) in [4.78, 5) is 11.9. The number of nitrogens with one attached hydrogen (secondary N) is 1. The lowest BCUT2D eigenvalue weighted by Gasteiger charge is -2.23. The zero-order valence-electron chi connectivity index (χ0n) is 14.1. The number of halogens is 1. The van der Waals surface area contributed by atoms with E-state index in [1.807, 2.05) is 20.8 Å². The van der Waals surface area contributed by atoms with Gasteiger partial charge in [0.1, 0.15) is 12.4 Å². The second-order valence-corrected chi connectivity index (χ2v) is 6.60. The summed E-state index contributed by atoms with van der Waals surface area (Å²) in [5.41, 5.74) is 0.663. The van der Waals surface area contributed by atoms with Crippen LogP contribution in [0.5, 0.6) is 0 Å². The van der Waals surface area contributed by atoms with Crippen molar-refractivity contribution in [2.75, 3.05) is 19.8 Å². The van der Waals surface area contributed by atoms with Crippen LogP contribution >= 0.6 is 0 Å². The Morgan fingerprint density at radius 1 is 1.39 bits per heavy atom. The Balaban J connectivity index is 1.82. The van der Waals surface area contributed by atoms with Gasteiger partial charge in [-0.05, 0) is 44.4 Å². The highest BCUT2D eigenvalue weighted by atomic mass is 19.1. The first kappa shape index (κ1) is 17.9. The van der Waals surface area contributed by atoms with Crippen molar-refractivity contribution in [1.29, 1.82) is 0 Å². The molecule has 1 heterocycles. The molecule has 0 unspecified atom stereocenters. The van der Waals surface area contributed by atoms with Crippen molar-refractivity contribution in [2.45, 2.75) is 45.3 Å². The van der Waals surface area contributed by atoms with Crippen LogP contribution in [0.25, 0.3) is 0 Å². The summed E-state index contributed by atoms with van der Waals surface area (Å²) in [5.74, 6) is -0.174. The van der Waals surface area contributed by atoms with Crippen LogP contribution in [0.4, 0.5) is 4.39 Å². The highest BCUT2D eigenvalue weighted by Crippen LogP contribution is 2.34. The van der Waals surface area contributed by atoms with Gasteiger partial charge in [-0.2, -0.15) is 0 Å². The van der Waals surface area contributed by atoms with Crippen molar-refractivity contribution >= 4 is 5.91 Å². The lowest BCUT2D eigenvalue weighted by Crippen LogP contribution is -2.36. The molecule has 0 aromatic heterocycles. The fourth-order valence-electron chi connectivity index (χ4n) is 2.52. The van der Waals surface area contributed by atoms with Crippen molar-refractivity contribution in [1.82, 2.24) is 5.32 Å². The van der Waals surface area contributed by atoms with Crippen molar-refractivity contribution in [3.05, 3.63) is 35.6 Å². The van der Waals surface area contributed by atoms with Crippen molar-refractivity contribution < 1.29 is 18.7 Å². The zero-order valence-corrected chi connectivity index (χ0v) is 14.1. The minimum atomic E-state index is -0.287. The maximum Gasteiger partial charge on any atom is 0.246 e. The molecular formula is C18H26FNO3. The molecule has 0 saturated carbocycles. The van der Waals surface area contributed by atoms with Crippen LogP contribution in [0.2, 0.25) is 0 Å². The third-order valence-corrected chi connectivity index (χ3v) is 4.42. The molecule has 0 aliphatic carbocycles. The molecule has 1 fully saturated rings. The van der Waals surface area contributed by atoms with Crippen LogP contribution in [0.15, 0.2) is 24.3 Å². The van der Waals surface area contributed by atoms with E-state index in [2.05, 4.69) is 5.32 Å². The van der Waals surface area contributed by atoms with Gasteiger partial charge in [0.05, 0.1) is 11.7 Å². The fraction of sp³-hybridized carbons (Fsp3) is 0.611. The van der Waals surface area contributed by atoms with Crippen molar-refractivity contribution in [3.63, 3.8) is 0 Å². The average Bonchev–Trinajstić information content (AvgIpc) is 3.00. The average molecular weight is 323 g/mol. The van der Waals surface area contributed by atoms with Gasteiger partial charge in [0.25, 0.3) is 0 Å². The SMILES string of the molecule is CCC(C)(C)OCC(=O)NC[C@@H]1CCO[C@H]1c1ccc(F)cc1. The monoisotopic (exact) mass is 323 g/mol. The van der Waals surface area contributed by atoms with Gasteiger partial charge in [0.15, 0.2) is 0 Å². The summed E-state index contributed by atoms with van der Waals surface area (Å²) in [6.45, 7) is 7.22. The molecule has 4 nitrogen and oxygen atoms in total. The van der Waals surface area contributed by atoms with Crippen molar-refractivity contribution in [2.24, 2.45) is 5.92 Å². The van der Waals surface area contributed by atoms with E-state index in [0.717, 1.165) is 18.4 Å². The summed E-state index contributed by atoms with van der Waals surface area (Å²) in [6.07, 6.45) is 1.64. The standard InChI is InChI=1S/C18H26FNO3/c1-4-18(2,3)23-12-16(21)20-11-14-9-10-22-17(14)13-5-7-15(19)8-6-13/h5-8,14,17H,4,9-12H2,1-3H3,(H,20,21)/t14-,17-/m0/s1. The quantitative estimate of drug-likeness (QED) is 0.838. The number of carbonyl (C=O) groups is 1. The summed E-state index contributed by atoms with van der Waals surface area (Å²) in [5, 5.41) is 2.91. The van der Waals surface area contributed by atoms with E-state index in [-0.39, 0.29) is 36.0 Å². The molecule has 1 N–H and O–H groups in total. The number of hydrogen-bond acceptors (Lipinski definition) is 3. The summed E-state index contributed by atoms with van der Waals surface area (Å²) in [6, 6.07) is 6.36. The fourth-order valence-corrected chi connectivity index (χ4v) is 2.52. The highest BCUT2D eigenvalue weighted by Gasteiger charge is 2.30. The molecule has 2 rings (SSSR count). The van der Waals surface area contributed by atoms with Gasteiger partial charge >= 0.3 is 0 Å². The van der Waals surface area contributed by atoms with Gasteiger partial charge in [0, 0.05) is 19.1 Å². The summed E-state index contributed by atoms with van der Waals surface area (Å²) < 4.78 is 24.4. The number of hydrogen-bond donors (Lipinski definition) is 1. The van der Waals surface area contributed by atoms with Crippen LogP contribution in [0.3, 0.4) is 0 Å². The first-order chi connectivity index (χ1) is 10.9. The van der Waals surface area contributed by atoms with Gasteiger partial charge in [-0.1, -0.05) is 19.1 Å². The first-order valence-electron chi connectivity index (χ1n) is 8.19. The molecule has 1 aromatic rings. The molecule has 128 valence electrons. The van der Waals surface area contributed by atoms with E-state index < -0.39 is 0 Å². The second-order valence-electron chi connectivity index (χ2n) is 6.60. The first-order valence-corrected chi connectivity index (χ1v) is 8.19. The Hall–Kier alpha value is -1.46. The molecule has 0 radical (unpaired) electrons. The highest BCUT2D eigenvalue weighted by molar-refractivity contribution is 5.77. The van der Waals surface area contributed by atoms with E-state index in [9.17, 15) is 9.18 Å². The second kappa shape index (κ2) is 7.88. The number of amides is 1. The number of rotatable bonds is 7. The number of ether oxygens (including phenoxy) is 2. The smallest absolute Gasteiger partial charge is 0.246 e. The predicted molar refractivity (Wildman–Crippen MR) is 86.5 cm³/mol. The Morgan fingerprint density at radius 2 is 2.09 bits per heavy atom. The molecule has 2 atom stereocenters. The van der Waals surface area contributed by atoms with E-state index in [4.69, 9.17) is 9.47 Å². The lowest BCUT2D eigenvalue weighted by atomic mass is 9.95. The van der Waals surface area contributed by atoms with E-state index in [1.165, 1.54) is 12.1 Å².